The first-order valence-corrected chi connectivity index (χ1v) is 13.4. The smallest absolute Gasteiger partial charge is 0.217 e. The van der Waals surface area contributed by atoms with Gasteiger partial charge < -0.3 is 5.32 Å². The van der Waals surface area contributed by atoms with Crippen LogP contribution in [0.1, 0.15) is 98.1 Å². The second kappa shape index (κ2) is 15.6. The predicted molar refractivity (Wildman–Crippen MR) is 155 cm³/mol. The molecule has 4 heteroatoms. The Bertz CT molecular complexity index is 1190. The summed E-state index contributed by atoms with van der Waals surface area (Å²) in [7, 11) is 0. The third kappa shape index (κ3) is 9.80. The van der Waals surface area contributed by atoms with Crippen molar-refractivity contribution in [2.45, 2.75) is 80.2 Å². The average molecular weight is 499 g/mol. The molecule has 2 aromatic carbocycles. The lowest BCUT2D eigenvalue weighted by molar-refractivity contribution is -0.119. The number of carbonyl (C=O) groups excluding carboxylic acids is 2. The number of amides is 1. The monoisotopic (exact) mass is 498 g/mol. The SMILES string of the molecule is C/C=C(/C)c1cc(CC)ccc1CC.CCCC(=O)c1cncc(Cc2ccc(CNC(C)=O)cc2)c1. The molecule has 37 heavy (non-hydrogen) atoms. The normalized spacial score (nSPS) is 10.9. The van der Waals surface area contributed by atoms with Crippen LogP contribution in [0.5, 0.6) is 0 Å². The van der Waals surface area contributed by atoms with Crippen molar-refractivity contribution in [3.63, 3.8) is 0 Å². The van der Waals surface area contributed by atoms with E-state index in [9.17, 15) is 9.59 Å². The van der Waals surface area contributed by atoms with Crippen molar-refractivity contribution >= 4 is 17.3 Å². The Labute approximate surface area is 223 Å². The van der Waals surface area contributed by atoms with E-state index in [0.29, 0.717) is 18.5 Å². The van der Waals surface area contributed by atoms with Crippen molar-refractivity contribution in [2.75, 3.05) is 0 Å². The summed E-state index contributed by atoms with van der Waals surface area (Å²) < 4.78 is 0. The number of hydrogen-bond donors (Lipinski definition) is 1. The zero-order valence-electron chi connectivity index (χ0n) is 23.4. The van der Waals surface area contributed by atoms with Gasteiger partial charge in [-0.25, -0.2) is 0 Å². The number of pyridine rings is 1. The number of allylic oxidation sites excluding steroid dienone is 2. The predicted octanol–water partition coefficient (Wildman–Crippen LogP) is 7.53. The van der Waals surface area contributed by atoms with E-state index in [-0.39, 0.29) is 11.7 Å². The number of aromatic nitrogens is 1. The molecule has 3 rings (SSSR count). The van der Waals surface area contributed by atoms with Crippen LogP contribution in [-0.2, 0) is 30.6 Å². The molecular weight excluding hydrogens is 456 g/mol. The first-order valence-electron chi connectivity index (χ1n) is 13.4. The lowest BCUT2D eigenvalue weighted by atomic mass is 9.96. The molecule has 0 saturated carbocycles. The van der Waals surface area contributed by atoms with Crippen LogP contribution in [0.3, 0.4) is 0 Å². The molecule has 196 valence electrons. The molecule has 3 aromatic rings. The number of hydrogen-bond acceptors (Lipinski definition) is 3. The molecular formula is C33H42N2O2. The molecule has 0 bridgehead atoms. The van der Waals surface area contributed by atoms with Gasteiger partial charge in [-0.1, -0.05) is 69.3 Å². The Morgan fingerprint density at radius 1 is 0.838 bits per heavy atom. The third-order valence-corrected chi connectivity index (χ3v) is 6.39. The minimum absolute atomic E-state index is 0.0336. The zero-order valence-corrected chi connectivity index (χ0v) is 23.4. The topological polar surface area (TPSA) is 59.1 Å². The second-order valence-electron chi connectivity index (χ2n) is 9.33. The summed E-state index contributed by atoms with van der Waals surface area (Å²) in [5, 5.41) is 2.78. The number of benzene rings is 2. The average Bonchev–Trinajstić information content (AvgIpc) is 2.92. The number of nitrogens with zero attached hydrogens (tertiary/aromatic N) is 1. The molecule has 0 saturated heterocycles. The Hall–Kier alpha value is -3.53. The van der Waals surface area contributed by atoms with Crippen LogP contribution in [0.2, 0.25) is 0 Å². The van der Waals surface area contributed by atoms with Crippen LogP contribution in [0.15, 0.2) is 67.0 Å². The molecule has 0 spiro atoms. The Balaban J connectivity index is 0.000000294. The van der Waals surface area contributed by atoms with E-state index in [2.05, 4.69) is 62.3 Å². The molecule has 0 radical (unpaired) electrons. The fourth-order valence-corrected chi connectivity index (χ4v) is 4.02. The maximum Gasteiger partial charge on any atom is 0.217 e. The molecule has 1 N–H and O–H groups in total. The molecule has 0 aliphatic carbocycles. The van der Waals surface area contributed by atoms with Gasteiger partial charge in [-0.3, -0.25) is 14.6 Å². The molecule has 1 aromatic heterocycles. The van der Waals surface area contributed by atoms with Crippen LogP contribution >= 0.6 is 0 Å². The highest BCUT2D eigenvalue weighted by molar-refractivity contribution is 5.95. The molecule has 0 fully saturated rings. The molecule has 0 atom stereocenters. The van der Waals surface area contributed by atoms with Crippen molar-refractivity contribution in [3.8, 4) is 0 Å². The molecule has 0 unspecified atom stereocenters. The van der Waals surface area contributed by atoms with Crippen molar-refractivity contribution < 1.29 is 9.59 Å². The highest BCUT2D eigenvalue weighted by atomic mass is 16.1. The van der Waals surface area contributed by atoms with Gasteiger partial charge in [0.05, 0.1) is 0 Å². The fraction of sp³-hybridized carbons (Fsp3) is 0.364. The van der Waals surface area contributed by atoms with Gasteiger partial charge in [0.2, 0.25) is 5.91 Å². The van der Waals surface area contributed by atoms with Crippen molar-refractivity contribution in [1.82, 2.24) is 10.3 Å². The first-order chi connectivity index (χ1) is 17.8. The van der Waals surface area contributed by atoms with Crippen LogP contribution in [0.4, 0.5) is 0 Å². The molecule has 1 heterocycles. The summed E-state index contributed by atoms with van der Waals surface area (Å²) in [5.41, 5.74) is 9.63. The van der Waals surface area contributed by atoms with Crippen molar-refractivity contribution in [1.29, 1.82) is 0 Å². The van der Waals surface area contributed by atoms with Gasteiger partial charge in [0.25, 0.3) is 0 Å². The zero-order chi connectivity index (χ0) is 27.2. The van der Waals surface area contributed by atoms with E-state index in [0.717, 1.165) is 42.4 Å². The maximum atomic E-state index is 11.9. The van der Waals surface area contributed by atoms with Gasteiger partial charge in [0.1, 0.15) is 0 Å². The number of ketones is 1. The Morgan fingerprint density at radius 2 is 1.51 bits per heavy atom. The van der Waals surface area contributed by atoms with Crippen LogP contribution in [0, 0.1) is 0 Å². The van der Waals surface area contributed by atoms with Crippen LogP contribution < -0.4 is 5.32 Å². The summed E-state index contributed by atoms with van der Waals surface area (Å²) in [6.07, 6.45) is 10.0. The molecule has 4 nitrogen and oxygen atoms in total. The largest absolute Gasteiger partial charge is 0.352 e. The van der Waals surface area contributed by atoms with E-state index in [1.165, 1.54) is 29.2 Å². The van der Waals surface area contributed by atoms with E-state index in [1.54, 1.807) is 12.4 Å². The van der Waals surface area contributed by atoms with Gasteiger partial charge in [-0.2, -0.15) is 0 Å². The molecule has 0 aliphatic heterocycles. The van der Waals surface area contributed by atoms with Crippen molar-refractivity contribution in [3.05, 3.63) is 106 Å². The van der Waals surface area contributed by atoms with Crippen LogP contribution in [-0.4, -0.2) is 16.7 Å². The third-order valence-electron chi connectivity index (χ3n) is 6.39. The van der Waals surface area contributed by atoms with Gasteiger partial charge in [0.15, 0.2) is 5.78 Å². The van der Waals surface area contributed by atoms with Gasteiger partial charge in [0, 0.05) is 37.8 Å². The number of aryl methyl sites for hydroxylation is 2. The quantitative estimate of drug-likeness (QED) is 0.294. The summed E-state index contributed by atoms with van der Waals surface area (Å²) >= 11 is 0. The summed E-state index contributed by atoms with van der Waals surface area (Å²) in [5.74, 6) is 0.112. The van der Waals surface area contributed by atoms with Gasteiger partial charge in [-0.15, -0.1) is 0 Å². The van der Waals surface area contributed by atoms with Gasteiger partial charge in [-0.05, 0) is 84.6 Å². The first kappa shape index (κ1) is 29.7. The fourth-order valence-electron chi connectivity index (χ4n) is 4.02. The minimum Gasteiger partial charge on any atom is -0.352 e. The molecule has 0 aliphatic rings. The van der Waals surface area contributed by atoms with Crippen LogP contribution in [0.25, 0.3) is 5.57 Å². The Kier molecular flexibility index (Phi) is 12.5. The van der Waals surface area contributed by atoms with E-state index in [4.69, 9.17) is 0 Å². The van der Waals surface area contributed by atoms with Crippen molar-refractivity contribution in [2.24, 2.45) is 0 Å². The summed E-state index contributed by atoms with van der Waals surface area (Å²) in [4.78, 5) is 27.0. The summed E-state index contributed by atoms with van der Waals surface area (Å²) in [6, 6.07) is 16.8. The van der Waals surface area contributed by atoms with E-state index >= 15 is 0 Å². The van der Waals surface area contributed by atoms with Gasteiger partial charge >= 0.3 is 0 Å². The highest BCUT2D eigenvalue weighted by Gasteiger charge is 2.07. The number of nitrogens with one attached hydrogen (secondary N) is 1. The lowest BCUT2D eigenvalue weighted by Gasteiger charge is -2.10. The maximum absolute atomic E-state index is 11.9. The Morgan fingerprint density at radius 3 is 2.11 bits per heavy atom. The molecule has 1 amide bonds. The second-order valence-corrected chi connectivity index (χ2v) is 9.33. The van der Waals surface area contributed by atoms with E-state index < -0.39 is 0 Å². The highest BCUT2D eigenvalue weighted by Crippen LogP contribution is 2.21. The number of rotatable bonds is 10. The lowest BCUT2D eigenvalue weighted by Crippen LogP contribution is -2.18. The number of carbonyl (C=O) groups is 2. The number of Topliss-reactive ketones (excluding diaryl/α,β-unsaturated/α-hetero) is 1. The minimum atomic E-state index is -0.0336. The van der Waals surface area contributed by atoms with E-state index in [1.807, 2.05) is 37.3 Å². The standard InChI is InChI=1S/C19H22N2O2.C14H20/c1-3-4-19(23)18-10-17(11-20-13-18)9-15-5-7-16(8-6-15)12-21-14(2)22;1-5-11(4)14-10-12(6-2)8-9-13(14)7-3/h5-8,10-11,13H,3-4,9,12H2,1-2H3,(H,21,22);5,8-10H,6-7H2,1-4H3/b;11-5-. The summed E-state index contributed by atoms with van der Waals surface area (Å²) in [6.45, 7) is 12.8.